The topological polar surface area (TPSA) is 41.9 Å². The van der Waals surface area contributed by atoms with Gasteiger partial charge in [0.15, 0.2) is 0 Å². The summed E-state index contributed by atoms with van der Waals surface area (Å²) in [6.45, 7) is 1.57. The van der Waals surface area contributed by atoms with Crippen LogP contribution in [-0.2, 0) is 13.1 Å². The van der Waals surface area contributed by atoms with E-state index in [0.717, 1.165) is 23.8 Å². The highest BCUT2D eigenvalue weighted by Gasteiger charge is 2.07. The van der Waals surface area contributed by atoms with E-state index >= 15 is 0 Å². The number of halogens is 1. The van der Waals surface area contributed by atoms with Gasteiger partial charge in [-0.25, -0.2) is 4.98 Å². The van der Waals surface area contributed by atoms with Crippen LogP contribution in [0.15, 0.2) is 10.9 Å². The van der Waals surface area contributed by atoms with Gasteiger partial charge in [0.1, 0.15) is 5.01 Å². The maximum absolute atomic E-state index is 5.70. The van der Waals surface area contributed by atoms with Gasteiger partial charge in [-0.1, -0.05) is 11.3 Å². The predicted octanol–water partition coefficient (Wildman–Crippen LogP) is 2.28. The van der Waals surface area contributed by atoms with Gasteiger partial charge in [0.05, 0.1) is 17.7 Å². The molecule has 0 fully saturated rings. The van der Waals surface area contributed by atoms with E-state index in [-0.39, 0.29) is 0 Å². The second-order valence-corrected chi connectivity index (χ2v) is 5.46. The number of thiazole rings is 1. The van der Waals surface area contributed by atoms with Crippen LogP contribution in [-0.4, -0.2) is 27.1 Å². The maximum Gasteiger partial charge on any atom is 0.207 e. The lowest BCUT2D eigenvalue weighted by atomic mass is 10.4. The molecule has 4 nitrogen and oxygen atoms in total. The smallest absolute Gasteiger partial charge is 0.207 e. The molecular weight excluding hydrogens is 252 g/mol. The number of aromatic nitrogens is 3. The van der Waals surface area contributed by atoms with Gasteiger partial charge < -0.3 is 0 Å². The minimum Gasteiger partial charge on any atom is -0.294 e. The lowest BCUT2D eigenvalue weighted by molar-refractivity contribution is 0.314. The number of rotatable bonds is 4. The molecule has 2 rings (SSSR count). The summed E-state index contributed by atoms with van der Waals surface area (Å²) >= 11 is 8.72. The molecule has 0 spiro atoms. The molecule has 0 aromatic carbocycles. The van der Waals surface area contributed by atoms with Crippen molar-refractivity contribution in [3.63, 3.8) is 0 Å². The Hall–Kier alpha value is -0.560. The minimum absolute atomic E-state index is 0.493. The summed E-state index contributed by atoms with van der Waals surface area (Å²) in [7, 11) is 2.02. The third kappa shape index (κ3) is 3.20. The van der Waals surface area contributed by atoms with Crippen molar-refractivity contribution in [2.45, 2.75) is 13.1 Å². The highest BCUT2D eigenvalue weighted by molar-refractivity contribution is 7.15. The molecule has 0 atom stereocenters. The summed E-state index contributed by atoms with van der Waals surface area (Å²) in [6.07, 6.45) is 0. The Kier molecular flexibility index (Phi) is 3.63. The summed E-state index contributed by atoms with van der Waals surface area (Å²) in [5.74, 6) is 0. The average Bonchev–Trinajstić information content (AvgIpc) is 2.77. The first-order chi connectivity index (χ1) is 7.24. The van der Waals surface area contributed by atoms with Gasteiger partial charge in [0, 0.05) is 11.9 Å². The fourth-order valence-electron chi connectivity index (χ4n) is 1.18. The van der Waals surface area contributed by atoms with Crippen molar-refractivity contribution < 1.29 is 0 Å². The Bertz CT molecular complexity index is 414. The van der Waals surface area contributed by atoms with Crippen LogP contribution in [0.5, 0.6) is 0 Å². The van der Waals surface area contributed by atoms with Crippen LogP contribution in [0.2, 0.25) is 4.47 Å². The monoisotopic (exact) mass is 260 g/mol. The van der Waals surface area contributed by atoms with E-state index in [1.54, 1.807) is 11.3 Å². The Labute approximate surface area is 101 Å². The molecule has 0 saturated heterocycles. The molecule has 7 heteroatoms. The van der Waals surface area contributed by atoms with Crippen LogP contribution in [0, 0.1) is 0 Å². The summed E-state index contributed by atoms with van der Waals surface area (Å²) in [5, 5.41) is 10.7. The predicted molar refractivity (Wildman–Crippen MR) is 62.2 cm³/mol. The number of hydrogen-bond donors (Lipinski definition) is 0. The van der Waals surface area contributed by atoms with Gasteiger partial charge in [-0.15, -0.1) is 21.5 Å². The zero-order chi connectivity index (χ0) is 10.7. The van der Waals surface area contributed by atoms with E-state index in [1.165, 1.54) is 11.3 Å². The third-order valence-electron chi connectivity index (χ3n) is 1.76. The normalized spacial score (nSPS) is 11.1. The lowest BCUT2D eigenvalue weighted by Crippen LogP contribution is -2.17. The second kappa shape index (κ2) is 4.98. The van der Waals surface area contributed by atoms with Gasteiger partial charge in [-0.3, -0.25) is 4.90 Å². The Morgan fingerprint density at radius 3 is 2.87 bits per heavy atom. The summed E-state index contributed by atoms with van der Waals surface area (Å²) in [5.41, 5.74) is 2.92. The number of nitrogens with zero attached hydrogens (tertiary/aromatic N) is 4. The van der Waals surface area contributed by atoms with Gasteiger partial charge in [-0.2, -0.15) is 0 Å². The van der Waals surface area contributed by atoms with E-state index in [4.69, 9.17) is 11.6 Å². The summed E-state index contributed by atoms with van der Waals surface area (Å²) < 4.78 is 0.493. The molecule has 0 bridgehead atoms. The summed E-state index contributed by atoms with van der Waals surface area (Å²) in [6, 6.07) is 0. The van der Waals surface area contributed by atoms with E-state index < -0.39 is 0 Å². The standard InChI is InChI=1S/C8H9ClN4S2/c1-13(2-6-4-14-5-10-6)3-7-11-12-8(9)15-7/h4-5H,2-3H2,1H3. The molecule has 0 aliphatic rings. The molecule has 0 N–H and O–H groups in total. The van der Waals surface area contributed by atoms with Gasteiger partial charge >= 0.3 is 0 Å². The van der Waals surface area contributed by atoms with Crippen molar-refractivity contribution in [2.75, 3.05) is 7.05 Å². The molecule has 0 unspecified atom stereocenters. The van der Waals surface area contributed by atoms with E-state index in [2.05, 4.69) is 20.1 Å². The maximum atomic E-state index is 5.70. The second-order valence-electron chi connectivity index (χ2n) is 3.10. The highest BCUT2D eigenvalue weighted by atomic mass is 35.5. The lowest BCUT2D eigenvalue weighted by Gasteiger charge is -2.12. The molecule has 0 radical (unpaired) electrons. The Balaban J connectivity index is 1.90. The SMILES string of the molecule is CN(Cc1cscn1)Cc1nnc(Cl)s1. The molecule has 2 aromatic heterocycles. The van der Waals surface area contributed by atoms with Crippen LogP contribution < -0.4 is 0 Å². The van der Waals surface area contributed by atoms with Crippen LogP contribution >= 0.6 is 34.3 Å². The molecule has 15 heavy (non-hydrogen) atoms. The quantitative estimate of drug-likeness (QED) is 0.846. The first-order valence-electron chi connectivity index (χ1n) is 4.27. The van der Waals surface area contributed by atoms with Crippen molar-refractivity contribution in [1.29, 1.82) is 0 Å². The third-order valence-corrected chi connectivity index (χ3v) is 3.40. The first-order valence-corrected chi connectivity index (χ1v) is 6.41. The van der Waals surface area contributed by atoms with Crippen molar-refractivity contribution in [1.82, 2.24) is 20.1 Å². The highest BCUT2D eigenvalue weighted by Crippen LogP contribution is 2.16. The molecule has 0 saturated carbocycles. The molecule has 2 heterocycles. The number of hydrogen-bond acceptors (Lipinski definition) is 6. The fraction of sp³-hybridized carbons (Fsp3) is 0.375. The van der Waals surface area contributed by atoms with Crippen LogP contribution in [0.3, 0.4) is 0 Å². The Morgan fingerprint density at radius 1 is 1.40 bits per heavy atom. The zero-order valence-corrected chi connectivity index (χ0v) is 10.4. The van der Waals surface area contributed by atoms with Crippen LogP contribution in [0.1, 0.15) is 10.7 Å². The van der Waals surface area contributed by atoms with Gasteiger partial charge in [-0.05, 0) is 18.6 Å². The largest absolute Gasteiger partial charge is 0.294 e. The average molecular weight is 261 g/mol. The van der Waals surface area contributed by atoms with E-state index in [0.29, 0.717) is 4.47 Å². The van der Waals surface area contributed by atoms with E-state index in [1.807, 2.05) is 17.9 Å². The fourth-order valence-corrected chi connectivity index (χ4v) is 2.67. The molecule has 0 aliphatic carbocycles. The van der Waals surface area contributed by atoms with Gasteiger partial charge in [0.2, 0.25) is 4.47 Å². The van der Waals surface area contributed by atoms with Crippen molar-refractivity contribution >= 4 is 34.3 Å². The van der Waals surface area contributed by atoms with Crippen molar-refractivity contribution in [2.24, 2.45) is 0 Å². The molecule has 0 amide bonds. The van der Waals surface area contributed by atoms with Crippen LogP contribution in [0.25, 0.3) is 0 Å². The molecule has 0 aliphatic heterocycles. The zero-order valence-electron chi connectivity index (χ0n) is 8.05. The van der Waals surface area contributed by atoms with Gasteiger partial charge in [0.25, 0.3) is 0 Å². The molecular formula is C8H9ClN4S2. The van der Waals surface area contributed by atoms with Crippen molar-refractivity contribution in [3.05, 3.63) is 26.1 Å². The molecule has 80 valence electrons. The molecule has 2 aromatic rings. The minimum atomic E-state index is 0.493. The van der Waals surface area contributed by atoms with E-state index in [9.17, 15) is 0 Å². The summed E-state index contributed by atoms with van der Waals surface area (Å²) in [4.78, 5) is 6.35. The first kappa shape index (κ1) is 10.9. The Morgan fingerprint density at radius 2 is 2.27 bits per heavy atom. The van der Waals surface area contributed by atoms with Crippen LogP contribution in [0.4, 0.5) is 0 Å². The van der Waals surface area contributed by atoms with Crippen molar-refractivity contribution in [3.8, 4) is 0 Å².